The predicted molar refractivity (Wildman–Crippen MR) is 227 cm³/mol. The molecule has 4 N–H and O–H groups in total. The Morgan fingerprint density at radius 3 is 2.38 bits per heavy atom. The maximum Gasteiger partial charge on any atom is 0.262 e. The van der Waals surface area contributed by atoms with Gasteiger partial charge >= 0.3 is 0 Å². The highest BCUT2D eigenvalue weighted by Gasteiger charge is 2.45. The largest absolute Gasteiger partial charge is 0.480 e. The minimum atomic E-state index is -0.967. The van der Waals surface area contributed by atoms with E-state index in [0.29, 0.717) is 27.9 Å². The molecule has 8 rings (SSSR count). The maximum atomic E-state index is 13.4. The molecular formula is C45H50ClN7O8. The second-order valence-electron chi connectivity index (χ2n) is 16.7. The van der Waals surface area contributed by atoms with Gasteiger partial charge in [-0.1, -0.05) is 23.7 Å². The minimum absolute atomic E-state index is 0.0447. The molecule has 0 spiro atoms. The van der Waals surface area contributed by atoms with Gasteiger partial charge in [-0.05, 0) is 118 Å². The molecule has 1 aliphatic carbocycles. The number of amides is 5. The minimum Gasteiger partial charge on any atom is -0.480 e. The van der Waals surface area contributed by atoms with Crippen LogP contribution in [0.1, 0.15) is 102 Å². The van der Waals surface area contributed by atoms with E-state index < -0.39 is 35.6 Å². The molecule has 0 radical (unpaired) electrons. The fraction of sp³-hybridized carbons (Fsp3) is 0.444. The number of imide groups is 2. The van der Waals surface area contributed by atoms with E-state index in [-0.39, 0.29) is 49.1 Å². The number of pyridine rings is 1. The number of carbonyl (C=O) groups is 6. The highest BCUT2D eigenvalue weighted by Crippen LogP contribution is 2.38. The normalized spacial score (nSPS) is 22.8. The molecule has 1 aromatic heterocycles. The van der Waals surface area contributed by atoms with Gasteiger partial charge in [0.2, 0.25) is 11.8 Å². The number of primary amides is 1. The predicted octanol–water partition coefficient (Wildman–Crippen LogP) is 5.02. The summed E-state index contributed by atoms with van der Waals surface area (Å²) in [4.78, 5) is 84.4. The smallest absolute Gasteiger partial charge is 0.262 e. The first-order valence-corrected chi connectivity index (χ1v) is 21.4. The highest BCUT2D eigenvalue weighted by molar-refractivity contribution is 6.33. The summed E-state index contributed by atoms with van der Waals surface area (Å²) in [7, 11) is 0. The lowest BCUT2D eigenvalue weighted by Gasteiger charge is -2.47. The van der Waals surface area contributed by atoms with Gasteiger partial charge in [0, 0.05) is 44.2 Å². The van der Waals surface area contributed by atoms with Gasteiger partial charge in [0.1, 0.15) is 11.9 Å². The van der Waals surface area contributed by atoms with Crippen LogP contribution in [0.25, 0.3) is 6.08 Å². The number of anilines is 3. The standard InChI is InChI=1S/C45H50ClN7O8/c1-25-3-5-30(17-29(25)19-39(26(2)54)60-24-40(47)55)49-37-22-41(48-23-36(37)46)52-15-11-32(12-16-52)61-33-20-31(21-33)51-13-9-27(10-14-51)28-4-6-34-35(18-28)45(59)53(44(34)58)38-7-8-42(56)50-43(38)57/h3-6,17-19,22-23,27,31-33,38H,7-16,20-21,24H2,1-2H3,(H2,47,55)(H,48,49)(H,50,56,57)/b39-19+/t31-,33-,38?. The van der Waals surface area contributed by atoms with Gasteiger partial charge in [-0.25, -0.2) is 4.98 Å². The Morgan fingerprint density at radius 1 is 0.934 bits per heavy atom. The number of benzene rings is 2. The lowest BCUT2D eigenvalue weighted by atomic mass is 9.83. The second kappa shape index (κ2) is 17.8. The van der Waals surface area contributed by atoms with E-state index >= 15 is 0 Å². The van der Waals surface area contributed by atoms with Crippen LogP contribution in [-0.2, 0) is 28.7 Å². The Hall–Kier alpha value is -5.64. The average Bonchev–Trinajstić information content (AvgIpc) is 3.47. The summed E-state index contributed by atoms with van der Waals surface area (Å²) in [6.07, 6.45) is 9.62. The first-order chi connectivity index (χ1) is 29.3. The van der Waals surface area contributed by atoms with E-state index in [1.54, 1.807) is 18.3 Å². The quantitative estimate of drug-likeness (QED) is 0.118. The van der Waals surface area contributed by atoms with Crippen molar-refractivity contribution in [3.63, 3.8) is 0 Å². The molecule has 3 saturated heterocycles. The number of rotatable bonds is 13. The number of nitrogens with zero attached hydrogens (tertiary/aromatic N) is 4. The number of halogens is 1. The van der Waals surface area contributed by atoms with Crippen LogP contribution in [0, 0.1) is 6.92 Å². The van der Waals surface area contributed by atoms with E-state index in [0.717, 1.165) is 97.8 Å². The van der Waals surface area contributed by atoms with E-state index in [1.165, 1.54) is 6.92 Å². The molecular weight excluding hydrogens is 802 g/mol. The number of nitrogens with two attached hydrogens (primary N) is 1. The lowest BCUT2D eigenvalue weighted by Crippen LogP contribution is -2.54. The number of ketones is 1. The van der Waals surface area contributed by atoms with Crippen LogP contribution >= 0.6 is 11.6 Å². The monoisotopic (exact) mass is 851 g/mol. The molecule has 5 amide bonds. The van der Waals surface area contributed by atoms with Gasteiger partial charge in [0.15, 0.2) is 18.1 Å². The molecule has 4 fully saturated rings. The Kier molecular flexibility index (Phi) is 12.2. The number of hydrogen-bond acceptors (Lipinski definition) is 12. The van der Waals surface area contributed by atoms with Gasteiger partial charge in [-0.3, -0.25) is 39.0 Å². The Morgan fingerprint density at radius 2 is 1.67 bits per heavy atom. The van der Waals surface area contributed by atoms with Crippen molar-refractivity contribution < 1.29 is 38.2 Å². The maximum absolute atomic E-state index is 13.4. The third-order valence-electron chi connectivity index (χ3n) is 12.6. The van der Waals surface area contributed by atoms with Crippen molar-refractivity contribution in [2.24, 2.45) is 5.73 Å². The molecule has 0 bridgehead atoms. The van der Waals surface area contributed by atoms with Crippen molar-refractivity contribution in [3.8, 4) is 0 Å². The molecule has 16 heteroatoms. The van der Waals surface area contributed by atoms with Gasteiger partial charge in [0.05, 0.1) is 40.2 Å². The zero-order valence-electron chi connectivity index (χ0n) is 34.3. The van der Waals surface area contributed by atoms with Crippen molar-refractivity contribution in [1.82, 2.24) is 20.1 Å². The zero-order valence-corrected chi connectivity index (χ0v) is 35.0. The molecule has 1 unspecified atom stereocenters. The number of piperidine rings is 3. The Bertz CT molecular complexity index is 2300. The van der Waals surface area contributed by atoms with Gasteiger partial charge in [-0.2, -0.15) is 0 Å². The van der Waals surface area contributed by atoms with Gasteiger partial charge in [0.25, 0.3) is 17.7 Å². The van der Waals surface area contributed by atoms with Crippen molar-refractivity contribution in [1.29, 1.82) is 0 Å². The highest BCUT2D eigenvalue weighted by atomic mass is 35.5. The average molecular weight is 852 g/mol. The molecule has 4 aliphatic heterocycles. The Balaban J connectivity index is 0.788. The number of Topliss-reactive ketones (excluding diaryl/α,β-unsaturated/α-hetero) is 1. The fourth-order valence-corrected chi connectivity index (χ4v) is 9.19. The van der Waals surface area contributed by atoms with E-state index in [1.807, 2.05) is 43.3 Å². The molecule has 5 heterocycles. The van der Waals surface area contributed by atoms with Crippen LogP contribution in [0.4, 0.5) is 17.2 Å². The number of carbonyl (C=O) groups excluding carboxylic acids is 6. The summed E-state index contributed by atoms with van der Waals surface area (Å²) < 4.78 is 11.9. The number of ether oxygens (including phenoxy) is 2. The van der Waals surface area contributed by atoms with Crippen LogP contribution in [0.15, 0.2) is 54.4 Å². The molecule has 1 atom stereocenters. The summed E-state index contributed by atoms with van der Waals surface area (Å²) in [6.45, 7) is 6.41. The molecule has 2 aromatic carbocycles. The molecule has 1 saturated carbocycles. The molecule has 3 aromatic rings. The van der Waals surface area contributed by atoms with E-state index in [4.69, 9.17) is 26.8 Å². The summed E-state index contributed by atoms with van der Waals surface area (Å²) in [5.41, 5.74) is 9.99. The third-order valence-corrected chi connectivity index (χ3v) is 12.9. The molecule has 15 nitrogen and oxygen atoms in total. The van der Waals surface area contributed by atoms with Crippen molar-refractivity contribution in [2.45, 2.75) is 95.4 Å². The topological polar surface area (TPSA) is 194 Å². The summed E-state index contributed by atoms with van der Waals surface area (Å²) >= 11 is 6.59. The Labute approximate surface area is 358 Å². The first kappa shape index (κ1) is 42.1. The summed E-state index contributed by atoms with van der Waals surface area (Å²) in [5.74, 6) is -1.79. The van der Waals surface area contributed by atoms with Crippen LogP contribution in [0.2, 0.25) is 5.02 Å². The van der Waals surface area contributed by atoms with Crippen LogP contribution in [-0.4, -0.2) is 107 Å². The molecule has 61 heavy (non-hydrogen) atoms. The van der Waals surface area contributed by atoms with Gasteiger partial charge in [-0.15, -0.1) is 0 Å². The van der Waals surface area contributed by atoms with Crippen LogP contribution < -0.4 is 21.3 Å². The number of allylic oxidation sites excluding steroid dienone is 1. The number of likely N-dealkylation sites (tertiary alicyclic amines) is 1. The fourth-order valence-electron chi connectivity index (χ4n) is 9.04. The van der Waals surface area contributed by atoms with E-state index in [9.17, 15) is 28.8 Å². The SMILES string of the molecule is CC(=O)/C(=C\c1cc(Nc2cc(N3CCC(O[C@H]4C[C@H](N5CCC(c6ccc7c(c6)C(=O)N(C6CCC(=O)NC6=O)C7=O)CC5)C4)CC3)ncc2Cl)ccc1C)OCC(N)=O. The van der Waals surface area contributed by atoms with Crippen LogP contribution in [0.3, 0.4) is 0 Å². The van der Waals surface area contributed by atoms with Crippen molar-refractivity contribution in [3.05, 3.63) is 87.3 Å². The van der Waals surface area contributed by atoms with Crippen molar-refractivity contribution >= 4 is 70.2 Å². The van der Waals surface area contributed by atoms with Crippen molar-refractivity contribution in [2.75, 3.05) is 43.0 Å². The molecule has 320 valence electrons. The van der Waals surface area contributed by atoms with Gasteiger partial charge < -0.3 is 30.3 Å². The lowest BCUT2D eigenvalue weighted by molar-refractivity contribution is -0.136. The van der Waals surface area contributed by atoms with E-state index in [2.05, 4.69) is 25.4 Å². The summed E-state index contributed by atoms with van der Waals surface area (Å²) in [5, 5.41) is 6.11. The third kappa shape index (κ3) is 9.19. The van der Waals surface area contributed by atoms with Crippen LogP contribution in [0.5, 0.6) is 0 Å². The number of aryl methyl sites for hydroxylation is 1. The second-order valence-corrected chi connectivity index (χ2v) is 17.1. The number of hydrogen-bond donors (Lipinski definition) is 3. The number of aromatic nitrogens is 1. The molecule has 5 aliphatic rings. The number of fused-ring (bicyclic) bond motifs is 1. The zero-order chi connectivity index (χ0) is 42.9. The number of nitrogens with one attached hydrogen (secondary N) is 2. The summed E-state index contributed by atoms with van der Waals surface area (Å²) in [6, 6.07) is 12.7. The first-order valence-electron chi connectivity index (χ1n) is 21.0.